The predicted molar refractivity (Wildman–Crippen MR) is 40.6 cm³/mol. The van der Waals surface area contributed by atoms with Gasteiger partial charge in [0.1, 0.15) is 0 Å². The third-order valence-electron chi connectivity index (χ3n) is 1.58. The molecule has 0 bridgehead atoms. The molecule has 0 aromatic carbocycles. The summed E-state index contributed by atoms with van der Waals surface area (Å²) in [5, 5.41) is 0. The van der Waals surface area contributed by atoms with Crippen LogP contribution in [0, 0.1) is 0 Å². The van der Waals surface area contributed by atoms with Crippen LogP contribution in [0.3, 0.4) is 0 Å². The van der Waals surface area contributed by atoms with Crippen molar-refractivity contribution in [2.45, 2.75) is 17.8 Å². The van der Waals surface area contributed by atoms with Crippen molar-refractivity contribution in [2.24, 2.45) is 0 Å². The van der Waals surface area contributed by atoms with Crippen LogP contribution in [0.4, 0.5) is 30.7 Å². The van der Waals surface area contributed by atoms with Crippen molar-refractivity contribution < 1.29 is 30.7 Å². The van der Waals surface area contributed by atoms with Crippen molar-refractivity contribution in [3.63, 3.8) is 0 Å². The molecule has 0 nitrogen and oxygen atoms in total. The molecule has 0 rings (SSSR count). The minimum Gasteiger partial charge on any atom is -0.185 e. The first-order valence-electron chi connectivity index (χ1n) is 3.39. The zero-order valence-corrected chi connectivity index (χ0v) is 8.49. The highest BCUT2D eigenvalue weighted by atomic mass is 31.2. The monoisotopic (exact) mass is 245 g/mol. The maximum Gasteiger partial charge on any atom is 0.464 e. The summed E-state index contributed by atoms with van der Waals surface area (Å²) in [6, 6.07) is 0. The summed E-state index contributed by atoms with van der Waals surface area (Å²) in [5.41, 5.74) is -5.03. The van der Waals surface area contributed by atoms with E-state index in [2.05, 4.69) is 0 Å². The second kappa shape index (κ2) is 3.22. The quantitative estimate of drug-likeness (QED) is 0.514. The molecule has 0 spiro atoms. The fraction of sp³-hybridized carbons (Fsp3) is 1.00. The summed E-state index contributed by atoms with van der Waals surface area (Å²) >= 11 is 0. The van der Waals surface area contributed by atoms with E-state index in [0.29, 0.717) is 0 Å². The Bertz CT molecular complexity index is 187. The fourth-order valence-corrected chi connectivity index (χ4v) is 1.56. The molecule has 0 radical (unpaired) electrons. The summed E-state index contributed by atoms with van der Waals surface area (Å²) < 4.78 is 85.2. The Labute approximate surface area is 76.8 Å². The summed E-state index contributed by atoms with van der Waals surface area (Å²) in [7, 11) is -3.64. The van der Waals surface area contributed by atoms with Crippen molar-refractivity contribution in [1.82, 2.24) is 0 Å². The van der Waals surface area contributed by atoms with Gasteiger partial charge in [-0.2, -0.15) is 30.7 Å². The molecule has 0 amide bonds. The first-order chi connectivity index (χ1) is 5.75. The molecule has 0 atom stereocenters. The number of hydrogen-bond acceptors (Lipinski definition) is 0. The van der Waals surface area contributed by atoms with Gasteiger partial charge in [0.25, 0.3) is 0 Å². The molecule has 0 fully saturated rings. The number of halogens is 7. The lowest BCUT2D eigenvalue weighted by atomic mass is 10.3. The lowest BCUT2D eigenvalue weighted by molar-refractivity contribution is -0.332. The molecule has 0 aliphatic rings. The van der Waals surface area contributed by atoms with E-state index in [1.165, 1.54) is 0 Å². The normalized spacial score (nSPS) is 15.9. The van der Waals surface area contributed by atoms with E-state index in [4.69, 9.17) is 0 Å². The van der Waals surface area contributed by atoms with Gasteiger partial charge in [-0.15, -0.1) is 0 Å². The van der Waals surface area contributed by atoms with Gasteiger partial charge in [0.05, 0.1) is 27.3 Å². The van der Waals surface area contributed by atoms with Crippen LogP contribution in [0.1, 0.15) is 0 Å². The van der Waals surface area contributed by atoms with Crippen molar-refractivity contribution in [3.05, 3.63) is 0 Å². The zero-order valence-electron chi connectivity index (χ0n) is 7.59. The highest BCUT2D eigenvalue weighted by molar-refractivity contribution is 7.74. The van der Waals surface area contributed by atoms with Gasteiger partial charge in [0.2, 0.25) is 0 Å². The van der Waals surface area contributed by atoms with Crippen LogP contribution in [0.2, 0.25) is 0 Å². The van der Waals surface area contributed by atoms with Gasteiger partial charge in [-0.25, -0.2) is 0 Å². The average molecular weight is 245 g/mol. The highest BCUT2D eigenvalue weighted by Crippen LogP contribution is 2.69. The van der Waals surface area contributed by atoms with Crippen LogP contribution in [0.5, 0.6) is 0 Å². The molecule has 0 aliphatic heterocycles. The average Bonchev–Trinajstić information content (AvgIpc) is 1.81. The van der Waals surface area contributed by atoms with Crippen molar-refractivity contribution in [3.8, 4) is 0 Å². The van der Waals surface area contributed by atoms with Crippen LogP contribution < -0.4 is 0 Å². The minimum absolute atomic E-state index is 0.729. The number of alkyl halides is 7. The van der Waals surface area contributed by atoms with E-state index in [0.717, 1.165) is 20.0 Å². The van der Waals surface area contributed by atoms with Crippen molar-refractivity contribution >= 4 is 7.26 Å². The summed E-state index contributed by atoms with van der Waals surface area (Å²) in [6.07, 6.45) is -6.22. The smallest absolute Gasteiger partial charge is 0.185 e. The predicted octanol–water partition coefficient (Wildman–Crippen LogP) is 3.68. The topological polar surface area (TPSA) is 0 Å². The molecule has 0 aromatic rings. The Morgan fingerprint density at radius 2 is 1.00 bits per heavy atom. The van der Waals surface area contributed by atoms with E-state index in [1.807, 2.05) is 0 Å². The molecule has 86 valence electrons. The van der Waals surface area contributed by atoms with Gasteiger partial charge in [0, 0.05) is 0 Å². The molecular weight excluding hydrogens is 236 g/mol. The first kappa shape index (κ1) is 13.9. The first-order valence-corrected chi connectivity index (χ1v) is 6.52. The molecule has 0 saturated carbocycles. The van der Waals surface area contributed by atoms with Crippen molar-refractivity contribution in [1.29, 1.82) is 0 Å². The number of rotatable bonds is 2. The molecule has 8 heteroatoms. The van der Waals surface area contributed by atoms with Gasteiger partial charge >= 0.3 is 17.8 Å². The van der Waals surface area contributed by atoms with Gasteiger partial charge in [-0.05, 0) is 0 Å². The molecule has 0 saturated heterocycles. The van der Waals surface area contributed by atoms with E-state index in [1.54, 1.807) is 0 Å². The lowest BCUT2D eigenvalue weighted by Crippen LogP contribution is -2.52. The minimum atomic E-state index is -6.22. The molecule has 0 heterocycles. The number of hydrogen-bond donors (Lipinski definition) is 0. The van der Waals surface area contributed by atoms with Gasteiger partial charge in [0.15, 0.2) is 0 Å². The Morgan fingerprint density at radius 3 is 1.07 bits per heavy atom. The summed E-state index contributed by atoms with van der Waals surface area (Å²) in [4.78, 5) is 0. The Morgan fingerprint density at radius 1 is 0.714 bits per heavy atom. The SMILES string of the molecule is C[P+](C)(C)C(F)(F)C(F)(F)C(F)(F)F. The third-order valence-corrected chi connectivity index (χ3v) is 3.54. The summed E-state index contributed by atoms with van der Waals surface area (Å²) in [6.45, 7) is 2.19. The van der Waals surface area contributed by atoms with Gasteiger partial charge < -0.3 is 0 Å². The van der Waals surface area contributed by atoms with E-state index in [9.17, 15) is 30.7 Å². The molecule has 0 aliphatic carbocycles. The van der Waals surface area contributed by atoms with E-state index >= 15 is 0 Å². The van der Waals surface area contributed by atoms with E-state index in [-0.39, 0.29) is 0 Å². The lowest BCUT2D eigenvalue weighted by Gasteiger charge is -2.31. The second-order valence-corrected chi connectivity index (χ2v) is 8.21. The molecule has 0 aromatic heterocycles. The third kappa shape index (κ3) is 1.97. The van der Waals surface area contributed by atoms with Crippen LogP contribution in [0.15, 0.2) is 0 Å². The van der Waals surface area contributed by atoms with Crippen LogP contribution in [-0.4, -0.2) is 37.8 Å². The maximum absolute atomic E-state index is 12.8. The Balaban J connectivity index is 5.30. The zero-order chi connectivity index (χ0) is 12.0. The highest BCUT2D eigenvalue weighted by Gasteiger charge is 2.80. The standard InChI is InChI=1S/C6H9F7P/c1-14(2,3)6(12,13)4(7,8)5(9,10)11/h1-3H3/q+1. The van der Waals surface area contributed by atoms with Gasteiger partial charge in [-0.1, -0.05) is 0 Å². The Hall–Kier alpha value is -0.0600. The molecule has 14 heavy (non-hydrogen) atoms. The van der Waals surface area contributed by atoms with Crippen LogP contribution >= 0.6 is 7.26 Å². The molecule has 0 N–H and O–H groups in total. The second-order valence-electron chi connectivity index (χ2n) is 3.63. The van der Waals surface area contributed by atoms with Crippen LogP contribution in [0.25, 0.3) is 0 Å². The van der Waals surface area contributed by atoms with Crippen molar-refractivity contribution in [2.75, 3.05) is 20.0 Å². The van der Waals surface area contributed by atoms with Gasteiger partial charge in [-0.3, -0.25) is 0 Å². The largest absolute Gasteiger partial charge is 0.464 e. The Kier molecular flexibility index (Phi) is 3.21. The van der Waals surface area contributed by atoms with E-state index < -0.39 is 25.0 Å². The molecular formula is C6H9F7P+. The maximum atomic E-state index is 12.8. The summed E-state index contributed by atoms with van der Waals surface area (Å²) in [5.74, 6) is -5.97. The van der Waals surface area contributed by atoms with Crippen LogP contribution in [-0.2, 0) is 0 Å². The molecule has 0 unspecified atom stereocenters. The fourth-order valence-electron chi connectivity index (χ4n) is 0.592.